The second-order valence-corrected chi connectivity index (χ2v) is 9.14. The summed E-state index contributed by atoms with van der Waals surface area (Å²) in [4.78, 5) is 21.1. The van der Waals surface area contributed by atoms with Gasteiger partial charge >= 0.3 is 0 Å². The van der Waals surface area contributed by atoms with Crippen LogP contribution in [-0.4, -0.2) is 20.4 Å². The molecule has 1 amide bonds. The summed E-state index contributed by atoms with van der Waals surface area (Å²) in [5, 5.41) is 5.11. The number of benzene rings is 1. The molecular formula is C19H14Cl2N4O2S2. The van der Waals surface area contributed by atoms with Crippen molar-refractivity contribution in [1.82, 2.24) is 14.5 Å². The number of thiazole rings is 1. The van der Waals surface area contributed by atoms with E-state index in [4.69, 9.17) is 27.9 Å². The first-order chi connectivity index (χ1) is 14.0. The van der Waals surface area contributed by atoms with Gasteiger partial charge in [0.05, 0.1) is 10.0 Å². The van der Waals surface area contributed by atoms with Gasteiger partial charge in [-0.3, -0.25) is 10.1 Å². The lowest BCUT2D eigenvalue weighted by Gasteiger charge is -2.07. The Kier molecular flexibility index (Phi) is 5.86. The minimum absolute atomic E-state index is 0.254. The number of hydrogen-bond donors (Lipinski definition) is 1. The van der Waals surface area contributed by atoms with E-state index in [1.807, 2.05) is 23.2 Å². The van der Waals surface area contributed by atoms with Gasteiger partial charge in [0.2, 0.25) is 0 Å². The van der Waals surface area contributed by atoms with E-state index in [1.54, 1.807) is 36.5 Å². The number of anilines is 1. The Morgan fingerprint density at radius 2 is 2.07 bits per heavy atom. The van der Waals surface area contributed by atoms with Gasteiger partial charge in [0, 0.05) is 35.9 Å². The highest BCUT2D eigenvalue weighted by atomic mass is 35.5. The number of hydrogen-bond acceptors (Lipinski definition) is 6. The Bertz CT molecular complexity index is 1150. The van der Waals surface area contributed by atoms with Crippen LogP contribution in [0.5, 0.6) is 5.75 Å². The van der Waals surface area contributed by atoms with Crippen LogP contribution in [0.2, 0.25) is 8.67 Å². The smallest absolute Gasteiger partial charge is 0.257 e. The minimum Gasteiger partial charge on any atom is -0.486 e. The molecule has 10 heteroatoms. The molecule has 6 nitrogen and oxygen atoms in total. The quantitative estimate of drug-likeness (QED) is 0.394. The number of ether oxygens (including phenoxy) is 1. The number of carbonyl (C=O) groups is 1. The Morgan fingerprint density at radius 3 is 2.72 bits per heavy atom. The first-order valence-corrected chi connectivity index (χ1v) is 10.9. The van der Waals surface area contributed by atoms with Gasteiger partial charge in [0.15, 0.2) is 5.13 Å². The average Bonchev–Trinajstić information content (AvgIpc) is 3.41. The summed E-state index contributed by atoms with van der Waals surface area (Å²) < 4.78 is 8.75. The Labute approximate surface area is 184 Å². The third kappa shape index (κ3) is 4.62. The molecule has 0 aliphatic rings. The van der Waals surface area contributed by atoms with E-state index in [0.29, 0.717) is 37.4 Å². The molecule has 0 atom stereocenters. The zero-order valence-corrected chi connectivity index (χ0v) is 18.2. The van der Waals surface area contributed by atoms with Crippen molar-refractivity contribution in [1.29, 1.82) is 0 Å². The molecule has 0 aliphatic heterocycles. The molecule has 0 saturated heterocycles. The van der Waals surface area contributed by atoms with Crippen LogP contribution in [0.1, 0.15) is 16.2 Å². The largest absolute Gasteiger partial charge is 0.486 e. The molecule has 29 heavy (non-hydrogen) atoms. The number of carbonyl (C=O) groups excluding carboxylic acids is 1. The molecule has 0 spiro atoms. The summed E-state index contributed by atoms with van der Waals surface area (Å²) in [5.41, 5.74) is 1.94. The number of amides is 1. The second kappa shape index (κ2) is 8.54. The summed E-state index contributed by atoms with van der Waals surface area (Å²) in [6.07, 6.45) is 3.58. The Morgan fingerprint density at radius 1 is 1.28 bits per heavy atom. The standard InChI is InChI=1S/C19H14Cl2N4O2S2/c1-25-7-6-22-16(25)9-27-12-4-2-11(3-5-12)18(26)24-19-23-14(10-28-19)13-8-15(20)29-17(13)21/h2-8,10H,9H2,1H3,(H,23,24,26). The predicted octanol–water partition coefficient (Wildman–Crippen LogP) is 5.74. The van der Waals surface area contributed by atoms with Crippen molar-refractivity contribution in [2.24, 2.45) is 7.05 Å². The van der Waals surface area contributed by atoms with E-state index in [1.165, 1.54) is 22.7 Å². The highest BCUT2D eigenvalue weighted by molar-refractivity contribution is 7.20. The average molecular weight is 465 g/mol. The fraction of sp³-hybridized carbons (Fsp3) is 0.105. The van der Waals surface area contributed by atoms with E-state index in [-0.39, 0.29) is 5.91 Å². The first-order valence-electron chi connectivity index (χ1n) is 8.41. The van der Waals surface area contributed by atoms with Crippen molar-refractivity contribution in [2.45, 2.75) is 6.61 Å². The van der Waals surface area contributed by atoms with Gasteiger partial charge in [-0.15, -0.1) is 22.7 Å². The molecule has 0 radical (unpaired) electrons. The van der Waals surface area contributed by atoms with Crippen LogP contribution in [0.3, 0.4) is 0 Å². The minimum atomic E-state index is -0.254. The fourth-order valence-electron chi connectivity index (χ4n) is 2.53. The molecule has 1 N–H and O–H groups in total. The Hall–Kier alpha value is -2.39. The molecule has 0 saturated carbocycles. The molecule has 0 unspecified atom stereocenters. The topological polar surface area (TPSA) is 69.0 Å². The second-order valence-electron chi connectivity index (χ2n) is 6.00. The predicted molar refractivity (Wildman–Crippen MR) is 117 cm³/mol. The van der Waals surface area contributed by atoms with Gasteiger partial charge in [-0.05, 0) is 30.3 Å². The van der Waals surface area contributed by atoms with Gasteiger partial charge < -0.3 is 9.30 Å². The van der Waals surface area contributed by atoms with E-state index in [2.05, 4.69) is 15.3 Å². The number of aryl methyl sites for hydroxylation is 1. The zero-order valence-electron chi connectivity index (χ0n) is 15.1. The molecule has 4 rings (SSSR count). The van der Waals surface area contributed by atoms with E-state index < -0.39 is 0 Å². The maximum absolute atomic E-state index is 12.5. The molecule has 4 aromatic rings. The van der Waals surface area contributed by atoms with Gasteiger partial charge in [0.25, 0.3) is 5.91 Å². The number of nitrogens with zero attached hydrogens (tertiary/aromatic N) is 3. The van der Waals surface area contributed by atoms with Crippen LogP contribution in [0.15, 0.2) is 48.1 Å². The van der Waals surface area contributed by atoms with Gasteiger partial charge in [-0.25, -0.2) is 9.97 Å². The lowest BCUT2D eigenvalue weighted by atomic mass is 10.2. The lowest BCUT2D eigenvalue weighted by molar-refractivity contribution is 0.102. The van der Waals surface area contributed by atoms with E-state index >= 15 is 0 Å². The molecule has 148 valence electrons. The molecule has 0 aliphatic carbocycles. The van der Waals surface area contributed by atoms with Gasteiger partial charge in [0.1, 0.15) is 22.5 Å². The zero-order chi connectivity index (χ0) is 20.4. The van der Waals surface area contributed by atoms with E-state index in [9.17, 15) is 4.79 Å². The van der Waals surface area contributed by atoms with Gasteiger partial charge in [-0.2, -0.15) is 0 Å². The highest BCUT2D eigenvalue weighted by Crippen LogP contribution is 2.39. The molecule has 1 aromatic carbocycles. The number of halogens is 2. The molecule has 3 heterocycles. The summed E-state index contributed by atoms with van der Waals surface area (Å²) in [7, 11) is 1.91. The van der Waals surface area contributed by atoms with Crippen molar-refractivity contribution in [3.63, 3.8) is 0 Å². The molecule has 0 bridgehead atoms. The molecule has 3 aromatic heterocycles. The van der Waals surface area contributed by atoms with Crippen molar-refractivity contribution in [3.05, 3.63) is 68.2 Å². The normalized spacial score (nSPS) is 10.9. The fourth-order valence-corrected chi connectivity index (χ4v) is 4.71. The van der Waals surface area contributed by atoms with Crippen molar-refractivity contribution >= 4 is 56.9 Å². The van der Waals surface area contributed by atoms with Crippen molar-refractivity contribution in [2.75, 3.05) is 5.32 Å². The summed E-state index contributed by atoms with van der Waals surface area (Å²) in [5.74, 6) is 1.22. The van der Waals surface area contributed by atoms with Crippen LogP contribution < -0.4 is 10.1 Å². The summed E-state index contributed by atoms with van der Waals surface area (Å²) in [6, 6.07) is 8.66. The van der Waals surface area contributed by atoms with Crippen LogP contribution in [0.25, 0.3) is 11.3 Å². The van der Waals surface area contributed by atoms with Crippen molar-refractivity contribution in [3.8, 4) is 17.0 Å². The monoisotopic (exact) mass is 464 g/mol. The number of aromatic nitrogens is 3. The lowest BCUT2D eigenvalue weighted by Crippen LogP contribution is -2.11. The maximum Gasteiger partial charge on any atom is 0.257 e. The van der Waals surface area contributed by atoms with Gasteiger partial charge in [-0.1, -0.05) is 23.2 Å². The highest BCUT2D eigenvalue weighted by Gasteiger charge is 2.14. The van der Waals surface area contributed by atoms with Crippen LogP contribution in [0.4, 0.5) is 5.13 Å². The number of imidazole rings is 1. The van der Waals surface area contributed by atoms with Crippen molar-refractivity contribution < 1.29 is 9.53 Å². The number of nitrogens with one attached hydrogen (secondary N) is 1. The Balaban J connectivity index is 1.38. The van der Waals surface area contributed by atoms with Crippen LogP contribution >= 0.6 is 45.9 Å². The van der Waals surface area contributed by atoms with Crippen LogP contribution in [-0.2, 0) is 13.7 Å². The maximum atomic E-state index is 12.5. The molecular weight excluding hydrogens is 451 g/mol. The first kappa shape index (κ1) is 19.9. The summed E-state index contributed by atoms with van der Waals surface area (Å²) in [6.45, 7) is 0.353. The number of rotatable bonds is 6. The summed E-state index contributed by atoms with van der Waals surface area (Å²) >= 11 is 14.8. The number of thiophene rings is 1. The third-order valence-electron chi connectivity index (χ3n) is 4.06. The molecule has 0 fully saturated rings. The van der Waals surface area contributed by atoms with Crippen LogP contribution in [0, 0.1) is 0 Å². The SMILES string of the molecule is Cn1ccnc1COc1ccc(C(=O)Nc2nc(-c3cc(Cl)sc3Cl)cs2)cc1. The van der Waals surface area contributed by atoms with E-state index in [0.717, 1.165) is 11.4 Å². The third-order valence-corrected chi connectivity index (χ3v) is 6.31.